The van der Waals surface area contributed by atoms with Crippen molar-refractivity contribution < 1.29 is 4.74 Å². The Morgan fingerprint density at radius 1 is 0.964 bits per heavy atom. The molecule has 0 aliphatic rings. The number of benzene rings is 1. The lowest BCUT2D eigenvalue weighted by atomic mass is 10.1. The summed E-state index contributed by atoms with van der Waals surface area (Å²) in [6.45, 7) is 4.22. The number of anilines is 1. The van der Waals surface area contributed by atoms with Crippen molar-refractivity contribution in [2.75, 3.05) is 18.6 Å². The first-order valence-electron chi connectivity index (χ1n) is 10.8. The average Bonchev–Trinajstić information content (AvgIpc) is 3.03. The predicted molar refractivity (Wildman–Crippen MR) is 122 cm³/mol. The van der Waals surface area contributed by atoms with Gasteiger partial charge in [-0.2, -0.15) is 5.10 Å². The highest BCUT2D eigenvalue weighted by Crippen LogP contribution is 2.31. The van der Waals surface area contributed by atoms with E-state index in [2.05, 4.69) is 24.2 Å². The van der Waals surface area contributed by atoms with Crippen molar-refractivity contribution in [2.24, 2.45) is 0 Å². The lowest BCUT2D eigenvalue weighted by Crippen LogP contribution is -2.04. The van der Waals surface area contributed by atoms with E-state index >= 15 is 0 Å². The molecule has 2 rings (SSSR count). The van der Waals surface area contributed by atoms with Gasteiger partial charge in [-0.25, -0.2) is 4.68 Å². The Morgan fingerprint density at radius 2 is 1.61 bits per heavy atom. The number of methoxy groups -OCH3 is 1. The van der Waals surface area contributed by atoms with E-state index in [9.17, 15) is 0 Å². The van der Waals surface area contributed by atoms with Crippen LogP contribution in [0.1, 0.15) is 76.8 Å². The van der Waals surface area contributed by atoms with Gasteiger partial charge in [-0.1, -0.05) is 64.7 Å². The van der Waals surface area contributed by atoms with Crippen LogP contribution in [0.5, 0.6) is 5.75 Å². The van der Waals surface area contributed by atoms with Crippen LogP contribution in [0.15, 0.2) is 29.2 Å². The predicted octanol–water partition coefficient (Wildman–Crippen LogP) is 6.78. The molecule has 2 N–H and O–H groups in total. The summed E-state index contributed by atoms with van der Waals surface area (Å²) in [5.41, 5.74) is 7.84. The molecule has 156 valence electrons. The highest BCUT2D eigenvalue weighted by Gasteiger charge is 2.11. The number of nitrogens with zero attached hydrogens (tertiary/aromatic N) is 2. The highest BCUT2D eigenvalue weighted by molar-refractivity contribution is 7.99. The van der Waals surface area contributed by atoms with Crippen LogP contribution in [-0.4, -0.2) is 22.6 Å². The van der Waals surface area contributed by atoms with Gasteiger partial charge in [0.05, 0.1) is 12.8 Å². The minimum atomic E-state index is 0.626. The first kappa shape index (κ1) is 22.7. The van der Waals surface area contributed by atoms with Crippen molar-refractivity contribution in [3.05, 3.63) is 30.0 Å². The zero-order valence-electron chi connectivity index (χ0n) is 17.9. The van der Waals surface area contributed by atoms with Gasteiger partial charge in [-0.05, 0) is 37.3 Å². The van der Waals surface area contributed by atoms with Gasteiger partial charge in [0.15, 0.2) is 0 Å². The molecule has 0 atom stereocenters. The second-order valence-electron chi connectivity index (χ2n) is 7.49. The molecule has 1 heterocycles. The van der Waals surface area contributed by atoms with E-state index in [-0.39, 0.29) is 0 Å². The molecule has 4 nitrogen and oxygen atoms in total. The second-order valence-corrected chi connectivity index (χ2v) is 8.65. The van der Waals surface area contributed by atoms with Crippen LogP contribution in [0.2, 0.25) is 0 Å². The highest BCUT2D eigenvalue weighted by atomic mass is 32.2. The Bertz CT molecular complexity index is 699. The number of ether oxygens (including phenoxy) is 1. The van der Waals surface area contributed by atoms with E-state index in [0.717, 1.165) is 22.9 Å². The number of nitrogen functional groups attached to an aromatic ring is 1. The van der Waals surface area contributed by atoms with Gasteiger partial charge in [0.25, 0.3) is 0 Å². The minimum absolute atomic E-state index is 0.626. The van der Waals surface area contributed by atoms with Crippen LogP contribution < -0.4 is 10.5 Å². The molecule has 0 aliphatic heterocycles. The molecule has 0 amide bonds. The third-order valence-electron chi connectivity index (χ3n) is 5.01. The third kappa shape index (κ3) is 7.42. The third-order valence-corrected chi connectivity index (χ3v) is 6.09. The van der Waals surface area contributed by atoms with Gasteiger partial charge in [0.1, 0.15) is 17.3 Å². The molecule has 0 bridgehead atoms. The molecule has 0 saturated carbocycles. The first-order valence-corrected chi connectivity index (χ1v) is 11.8. The molecular formula is C23H37N3OS. The summed E-state index contributed by atoms with van der Waals surface area (Å²) >= 11 is 1.90. The van der Waals surface area contributed by atoms with Crippen molar-refractivity contribution >= 4 is 17.6 Å². The summed E-state index contributed by atoms with van der Waals surface area (Å²) in [6, 6.07) is 8.14. The number of thioether (sulfide) groups is 1. The zero-order chi connectivity index (χ0) is 20.2. The zero-order valence-corrected chi connectivity index (χ0v) is 18.7. The summed E-state index contributed by atoms with van der Waals surface area (Å²) < 4.78 is 7.32. The molecule has 5 heteroatoms. The van der Waals surface area contributed by atoms with E-state index in [4.69, 9.17) is 10.5 Å². The topological polar surface area (TPSA) is 53.1 Å². The maximum Gasteiger partial charge on any atom is 0.145 e. The summed E-state index contributed by atoms with van der Waals surface area (Å²) in [4.78, 5) is 1.24. The van der Waals surface area contributed by atoms with E-state index in [1.165, 1.54) is 69.1 Å². The summed E-state index contributed by atoms with van der Waals surface area (Å²) in [5.74, 6) is 2.59. The summed E-state index contributed by atoms with van der Waals surface area (Å²) in [6.07, 6.45) is 13.8. The SMILES string of the molecule is CCCCCCCCCCCCSc1ccc(-n2nc(C)cc2N)c(OC)c1. The largest absolute Gasteiger partial charge is 0.494 e. The van der Waals surface area contributed by atoms with Crippen molar-refractivity contribution in [1.82, 2.24) is 9.78 Å². The molecule has 0 spiro atoms. The van der Waals surface area contributed by atoms with Gasteiger partial charge < -0.3 is 10.5 Å². The van der Waals surface area contributed by atoms with Crippen LogP contribution in [0.4, 0.5) is 5.82 Å². The number of aromatic nitrogens is 2. The molecule has 1 aromatic heterocycles. The number of aryl methyl sites for hydroxylation is 1. The van der Waals surface area contributed by atoms with Crippen LogP contribution in [0.3, 0.4) is 0 Å². The molecule has 0 unspecified atom stereocenters. The van der Waals surface area contributed by atoms with Gasteiger partial charge in [-0.3, -0.25) is 0 Å². The number of rotatable bonds is 14. The normalized spacial score (nSPS) is 11.1. The minimum Gasteiger partial charge on any atom is -0.494 e. The lowest BCUT2D eigenvalue weighted by molar-refractivity contribution is 0.410. The fourth-order valence-electron chi connectivity index (χ4n) is 3.41. The quantitative estimate of drug-likeness (QED) is 0.279. The molecule has 0 fully saturated rings. The van der Waals surface area contributed by atoms with Gasteiger partial charge in [0.2, 0.25) is 0 Å². The van der Waals surface area contributed by atoms with E-state index in [0.29, 0.717) is 5.82 Å². The molecule has 1 aromatic carbocycles. The lowest BCUT2D eigenvalue weighted by Gasteiger charge is -2.12. The molecule has 28 heavy (non-hydrogen) atoms. The fraction of sp³-hybridized carbons (Fsp3) is 0.609. The van der Waals surface area contributed by atoms with Crippen LogP contribution in [0.25, 0.3) is 5.69 Å². The Labute approximate surface area is 175 Å². The smallest absolute Gasteiger partial charge is 0.145 e. The number of unbranched alkanes of at least 4 members (excludes halogenated alkanes) is 9. The van der Waals surface area contributed by atoms with Gasteiger partial charge >= 0.3 is 0 Å². The summed E-state index contributed by atoms with van der Waals surface area (Å²) in [5, 5.41) is 4.46. The Kier molecular flexibility index (Phi) is 10.3. The van der Waals surface area contributed by atoms with Crippen molar-refractivity contribution in [3.8, 4) is 11.4 Å². The van der Waals surface area contributed by atoms with Crippen LogP contribution >= 0.6 is 11.8 Å². The standard InChI is InChI=1S/C23H37N3OS/c1-4-5-6-7-8-9-10-11-12-13-16-28-20-14-15-21(22(18-20)27-3)26-23(24)17-19(2)25-26/h14-15,17-18H,4-13,16,24H2,1-3H3. The first-order chi connectivity index (χ1) is 13.7. The van der Waals surface area contributed by atoms with Crippen molar-refractivity contribution in [3.63, 3.8) is 0 Å². The maximum absolute atomic E-state index is 6.05. The molecule has 0 aliphatic carbocycles. The Morgan fingerprint density at radius 3 is 2.18 bits per heavy atom. The number of hydrogen-bond acceptors (Lipinski definition) is 4. The fourth-order valence-corrected chi connectivity index (χ4v) is 4.35. The molecular weight excluding hydrogens is 366 g/mol. The van der Waals surface area contributed by atoms with E-state index < -0.39 is 0 Å². The van der Waals surface area contributed by atoms with Crippen molar-refractivity contribution in [1.29, 1.82) is 0 Å². The van der Waals surface area contributed by atoms with Crippen molar-refractivity contribution in [2.45, 2.75) is 83.0 Å². The average molecular weight is 404 g/mol. The second kappa shape index (κ2) is 12.8. The molecule has 0 saturated heterocycles. The van der Waals surface area contributed by atoms with Crippen LogP contribution in [0, 0.1) is 6.92 Å². The number of hydrogen-bond donors (Lipinski definition) is 1. The van der Waals surface area contributed by atoms with E-state index in [1.54, 1.807) is 11.8 Å². The van der Waals surface area contributed by atoms with Crippen LogP contribution in [-0.2, 0) is 0 Å². The van der Waals surface area contributed by atoms with Gasteiger partial charge in [0, 0.05) is 11.0 Å². The van der Waals surface area contributed by atoms with Gasteiger partial charge in [-0.15, -0.1) is 11.8 Å². The molecule has 0 radical (unpaired) electrons. The monoisotopic (exact) mass is 403 g/mol. The summed E-state index contributed by atoms with van der Waals surface area (Å²) in [7, 11) is 1.70. The number of nitrogens with two attached hydrogens (primary N) is 1. The maximum atomic E-state index is 6.05. The van der Waals surface area contributed by atoms with E-state index in [1.807, 2.05) is 30.8 Å². The Balaban J connectivity index is 1.69. The Hall–Kier alpha value is -1.62. The molecule has 2 aromatic rings.